The number of para-hydroxylation sites is 1. The highest BCUT2D eigenvalue weighted by molar-refractivity contribution is 5.57. The van der Waals surface area contributed by atoms with Gasteiger partial charge in [-0.05, 0) is 58.1 Å². The zero-order valence-electron chi connectivity index (χ0n) is 12.7. The standard InChI is InChI=1S/C17H27NO/c1-5-17(4,19)13-16(2,3)18-12-8-10-14-9-6-7-11-15(14)18/h6-7,9,11,19H,5,8,10,12-13H2,1-4H3. The van der Waals surface area contributed by atoms with Gasteiger partial charge < -0.3 is 10.0 Å². The van der Waals surface area contributed by atoms with Gasteiger partial charge in [-0.15, -0.1) is 0 Å². The molecule has 19 heavy (non-hydrogen) atoms. The zero-order chi connectivity index (χ0) is 14.1. The average Bonchev–Trinajstić information content (AvgIpc) is 2.37. The van der Waals surface area contributed by atoms with Gasteiger partial charge in [-0.1, -0.05) is 25.1 Å². The van der Waals surface area contributed by atoms with Gasteiger partial charge in [0.05, 0.1) is 5.60 Å². The number of anilines is 1. The van der Waals surface area contributed by atoms with Crippen molar-refractivity contribution in [3.05, 3.63) is 29.8 Å². The average molecular weight is 261 g/mol. The van der Waals surface area contributed by atoms with Gasteiger partial charge in [0.25, 0.3) is 0 Å². The topological polar surface area (TPSA) is 23.5 Å². The predicted octanol–water partition coefficient (Wildman–Crippen LogP) is 3.77. The number of rotatable bonds is 4. The molecule has 0 saturated heterocycles. The van der Waals surface area contributed by atoms with E-state index in [1.165, 1.54) is 24.1 Å². The number of hydrogen-bond acceptors (Lipinski definition) is 2. The molecule has 1 N–H and O–H groups in total. The molecule has 1 heterocycles. The number of benzene rings is 1. The number of aliphatic hydroxyl groups is 1. The predicted molar refractivity (Wildman–Crippen MR) is 81.7 cm³/mol. The van der Waals surface area contributed by atoms with E-state index in [1.54, 1.807) is 0 Å². The molecule has 0 amide bonds. The first-order valence-electron chi connectivity index (χ1n) is 7.44. The second kappa shape index (κ2) is 5.16. The Hall–Kier alpha value is -1.02. The molecule has 1 aromatic rings. The van der Waals surface area contributed by atoms with Crippen LogP contribution >= 0.6 is 0 Å². The summed E-state index contributed by atoms with van der Waals surface area (Å²) < 4.78 is 0. The molecule has 0 aliphatic carbocycles. The SMILES string of the molecule is CCC(C)(O)CC(C)(C)N1CCCc2ccccc21. The lowest BCUT2D eigenvalue weighted by atomic mass is 9.83. The molecule has 0 bridgehead atoms. The van der Waals surface area contributed by atoms with Gasteiger partial charge >= 0.3 is 0 Å². The first kappa shape index (κ1) is 14.4. The second-order valence-electron chi connectivity index (χ2n) is 6.72. The number of fused-ring (bicyclic) bond motifs is 1. The third-order valence-electron chi connectivity index (χ3n) is 4.42. The summed E-state index contributed by atoms with van der Waals surface area (Å²) in [5.41, 5.74) is 2.19. The molecule has 1 aromatic carbocycles. The maximum atomic E-state index is 10.4. The Labute approximate surface area is 117 Å². The Morgan fingerprint density at radius 2 is 1.89 bits per heavy atom. The molecule has 2 nitrogen and oxygen atoms in total. The quantitative estimate of drug-likeness (QED) is 0.892. The van der Waals surface area contributed by atoms with E-state index in [0.29, 0.717) is 0 Å². The smallest absolute Gasteiger partial charge is 0.0639 e. The van der Waals surface area contributed by atoms with Gasteiger partial charge in [0.2, 0.25) is 0 Å². The van der Waals surface area contributed by atoms with Crippen molar-refractivity contribution in [2.45, 2.75) is 64.5 Å². The first-order valence-corrected chi connectivity index (χ1v) is 7.44. The van der Waals surface area contributed by atoms with Gasteiger partial charge in [0.15, 0.2) is 0 Å². The van der Waals surface area contributed by atoms with Crippen molar-refractivity contribution in [3.63, 3.8) is 0 Å². The summed E-state index contributed by atoms with van der Waals surface area (Å²) in [6.45, 7) is 9.59. The van der Waals surface area contributed by atoms with Crippen LogP contribution in [0, 0.1) is 0 Å². The summed E-state index contributed by atoms with van der Waals surface area (Å²) in [6, 6.07) is 8.69. The summed E-state index contributed by atoms with van der Waals surface area (Å²) in [7, 11) is 0. The van der Waals surface area contributed by atoms with Gasteiger partial charge in [0, 0.05) is 17.8 Å². The summed E-state index contributed by atoms with van der Waals surface area (Å²) in [5.74, 6) is 0. The normalized spacial score (nSPS) is 18.9. The summed E-state index contributed by atoms with van der Waals surface area (Å²) in [4.78, 5) is 2.48. The number of nitrogens with zero attached hydrogens (tertiary/aromatic N) is 1. The molecule has 1 atom stereocenters. The highest BCUT2D eigenvalue weighted by atomic mass is 16.3. The Balaban J connectivity index is 2.27. The highest BCUT2D eigenvalue weighted by Gasteiger charge is 2.35. The van der Waals surface area contributed by atoms with Crippen LogP contribution in [-0.4, -0.2) is 22.8 Å². The van der Waals surface area contributed by atoms with Crippen molar-refractivity contribution < 1.29 is 5.11 Å². The molecule has 106 valence electrons. The molecule has 0 radical (unpaired) electrons. The molecular weight excluding hydrogens is 234 g/mol. The molecule has 2 heteroatoms. The fourth-order valence-corrected chi connectivity index (χ4v) is 3.31. The molecule has 0 spiro atoms. The van der Waals surface area contributed by atoms with E-state index in [9.17, 15) is 5.11 Å². The van der Waals surface area contributed by atoms with Gasteiger partial charge in [0.1, 0.15) is 0 Å². The van der Waals surface area contributed by atoms with E-state index < -0.39 is 5.60 Å². The van der Waals surface area contributed by atoms with Crippen LogP contribution in [0.3, 0.4) is 0 Å². The van der Waals surface area contributed by atoms with Crippen molar-refractivity contribution in [1.29, 1.82) is 0 Å². The minimum Gasteiger partial charge on any atom is -0.390 e. The Bertz CT molecular complexity index is 437. The minimum atomic E-state index is -0.587. The molecule has 1 aliphatic rings. The van der Waals surface area contributed by atoms with Crippen LogP contribution in [0.1, 0.15) is 52.5 Å². The molecule has 2 rings (SSSR count). The summed E-state index contributed by atoms with van der Waals surface area (Å²) in [5, 5.41) is 10.4. The fourth-order valence-electron chi connectivity index (χ4n) is 3.31. The van der Waals surface area contributed by atoms with E-state index in [0.717, 1.165) is 19.4 Å². The van der Waals surface area contributed by atoms with Crippen molar-refractivity contribution in [2.24, 2.45) is 0 Å². The van der Waals surface area contributed by atoms with Crippen LogP contribution in [0.5, 0.6) is 0 Å². The van der Waals surface area contributed by atoms with E-state index >= 15 is 0 Å². The second-order valence-corrected chi connectivity index (χ2v) is 6.72. The van der Waals surface area contributed by atoms with Crippen molar-refractivity contribution in [2.75, 3.05) is 11.4 Å². The highest BCUT2D eigenvalue weighted by Crippen LogP contribution is 2.36. The maximum absolute atomic E-state index is 10.4. The summed E-state index contributed by atoms with van der Waals surface area (Å²) >= 11 is 0. The lowest BCUT2D eigenvalue weighted by molar-refractivity contribution is 0.0274. The van der Waals surface area contributed by atoms with Crippen LogP contribution in [0.25, 0.3) is 0 Å². The fraction of sp³-hybridized carbons (Fsp3) is 0.647. The Morgan fingerprint density at radius 1 is 1.21 bits per heavy atom. The third-order valence-corrected chi connectivity index (χ3v) is 4.42. The third kappa shape index (κ3) is 3.11. The van der Waals surface area contributed by atoms with Crippen molar-refractivity contribution in [1.82, 2.24) is 0 Å². The molecule has 1 unspecified atom stereocenters. The van der Waals surface area contributed by atoms with E-state index in [4.69, 9.17) is 0 Å². The minimum absolute atomic E-state index is 0.0178. The molecule has 0 saturated carbocycles. The van der Waals surface area contributed by atoms with Crippen LogP contribution < -0.4 is 4.90 Å². The van der Waals surface area contributed by atoms with E-state index in [-0.39, 0.29) is 5.54 Å². The largest absolute Gasteiger partial charge is 0.390 e. The maximum Gasteiger partial charge on any atom is 0.0639 e. The number of aryl methyl sites for hydroxylation is 1. The van der Waals surface area contributed by atoms with Crippen LogP contribution in [0.15, 0.2) is 24.3 Å². The Morgan fingerprint density at radius 3 is 2.58 bits per heavy atom. The van der Waals surface area contributed by atoms with Gasteiger partial charge in [-0.2, -0.15) is 0 Å². The van der Waals surface area contributed by atoms with E-state index in [2.05, 4.69) is 49.9 Å². The molecule has 0 aromatic heterocycles. The van der Waals surface area contributed by atoms with Crippen LogP contribution in [-0.2, 0) is 6.42 Å². The van der Waals surface area contributed by atoms with Crippen LogP contribution in [0.2, 0.25) is 0 Å². The number of hydrogen-bond donors (Lipinski definition) is 1. The first-order chi connectivity index (χ1) is 8.86. The van der Waals surface area contributed by atoms with E-state index in [1.807, 2.05) is 6.92 Å². The zero-order valence-corrected chi connectivity index (χ0v) is 12.7. The molecule has 0 fully saturated rings. The molecule has 1 aliphatic heterocycles. The van der Waals surface area contributed by atoms with Crippen LogP contribution in [0.4, 0.5) is 5.69 Å². The van der Waals surface area contributed by atoms with Gasteiger partial charge in [-0.25, -0.2) is 0 Å². The monoisotopic (exact) mass is 261 g/mol. The Kier molecular flexibility index (Phi) is 3.91. The van der Waals surface area contributed by atoms with Crippen molar-refractivity contribution in [3.8, 4) is 0 Å². The lowest BCUT2D eigenvalue weighted by Gasteiger charge is -2.46. The molecular formula is C17H27NO. The van der Waals surface area contributed by atoms with Crippen molar-refractivity contribution >= 4 is 5.69 Å². The lowest BCUT2D eigenvalue weighted by Crippen LogP contribution is -2.51. The van der Waals surface area contributed by atoms with Gasteiger partial charge in [-0.3, -0.25) is 0 Å². The summed E-state index contributed by atoms with van der Waals surface area (Å²) in [6.07, 6.45) is 3.97.